The number of ether oxygens (including phenoxy) is 1. The minimum absolute atomic E-state index is 0.00253. The van der Waals surface area contributed by atoms with Crippen LogP contribution in [0, 0.1) is 28.6 Å². The third kappa shape index (κ3) is 4.69. The summed E-state index contributed by atoms with van der Waals surface area (Å²) in [5.74, 6) is 0.0916. The van der Waals surface area contributed by atoms with E-state index in [1.165, 1.54) is 12.5 Å². The van der Waals surface area contributed by atoms with E-state index in [2.05, 4.69) is 54.3 Å². The van der Waals surface area contributed by atoms with Gasteiger partial charge in [-0.3, -0.25) is 9.59 Å². The Kier molecular flexibility index (Phi) is 7.38. The highest BCUT2D eigenvalue weighted by Crippen LogP contribution is 2.62. The van der Waals surface area contributed by atoms with Crippen LogP contribution in [0.15, 0.2) is 24.0 Å². The van der Waals surface area contributed by atoms with Gasteiger partial charge in [0, 0.05) is 37.4 Å². The van der Waals surface area contributed by atoms with Gasteiger partial charge in [-0.15, -0.1) is 0 Å². The number of rotatable bonds is 5. The van der Waals surface area contributed by atoms with Crippen LogP contribution in [0.3, 0.4) is 0 Å². The van der Waals surface area contributed by atoms with Gasteiger partial charge in [-0.2, -0.15) is 0 Å². The molecule has 0 radical (unpaired) electrons. The molecule has 192 valence electrons. The summed E-state index contributed by atoms with van der Waals surface area (Å²) in [6, 6.07) is 0. The van der Waals surface area contributed by atoms with E-state index < -0.39 is 8.32 Å². The first-order chi connectivity index (χ1) is 15.6. The second-order valence-electron chi connectivity index (χ2n) is 13.1. The van der Waals surface area contributed by atoms with Crippen LogP contribution in [-0.4, -0.2) is 37.9 Å². The summed E-state index contributed by atoms with van der Waals surface area (Å²) in [5, 5.41) is 9.96. The number of hydrogen-bond donors (Lipinski definition) is 1. The largest absolute Gasteiger partial charge is 0.515 e. The van der Waals surface area contributed by atoms with E-state index in [-0.39, 0.29) is 51.5 Å². The van der Waals surface area contributed by atoms with Crippen molar-refractivity contribution in [1.29, 1.82) is 0 Å². The predicted molar refractivity (Wildman–Crippen MR) is 138 cm³/mol. The van der Waals surface area contributed by atoms with Gasteiger partial charge in [0.05, 0.1) is 6.26 Å². The van der Waals surface area contributed by atoms with Gasteiger partial charge < -0.3 is 14.3 Å². The van der Waals surface area contributed by atoms with E-state index >= 15 is 0 Å². The van der Waals surface area contributed by atoms with Crippen molar-refractivity contribution in [1.82, 2.24) is 0 Å². The molecule has 3 fully saturated rings. The monoisotopic (exact) mass is 490 g/mol. The quantitative estimate of drug-likeness (QED) is 0.152. The molecule has 0 aromatic carbocycles. The number of fused-ring (bicyclic) bond motifs is 1. The highest BCUT2D eigenvalue weighted by Gasteiger charge is 2.59. The molecule has 3 saturated carbocycles. The molecule has 0 heterocycles. The molecule has 3 aliphatic carbocycles. The lowest BCUT2D eigenvalue weighted by Crippen LogP contribution is -2.55. The molecule has 5 nitrogen and oxygen atoms in total. The van der Waals surface area contributed by atoms with Crippen molar-refractivity contribution < 1.29 is 23.9 Å². The fourth-order valence-corrected chi connectivity index (χ4v) is 7.66. The molecule has 0 aliphatic heterocycles. The topological polar surface area (TPSA) is 72.8 Å². The summed E-state index contributed by atoms with van der Waals surface area (Å²) in [5.41, 5.74) is 1.42. The second-order valence-corrected chi connectivity index (χ2v) is 17.9. The van der Waals surface area contributed by atoms with Crippen LogP contribution in [0.5, 0.6) is 0 Å². The molecule has 0 saturated heterocycles. The third-order valence-electron chi connectivity index (χ3n) is 10.2. The van der Waals surface area contributed by atoms with E-state index in [0.717, 1.165) is 31.9 Å². The Hall–Kier alpha value is -1.40. The Balaban J connectivity index is 1.99. The van der Waals surface area contributed by atoms with Crippen molar-refractivity contribution >= 4 is 20.1 Å². The van der Waals surface area contributed by atoms with Crippen LogP contribution >= 0.6 is 0 Å². The molecule has 0 aromatic heterocycles. The zero-order valence-electron chi connectivity index (χ0n) is 22.6. The van der Waals surface area contributed by atoms with Crippen LogP contribution in [0.2, 0.25) is 18.1 Å². The minimum Gasteiger partial charge on any atom is -0.515 e. The van der Waals surface area contributed by atoms with Gasteiger partial charge in [-0.05, 0) is 67.0 Å². The molecule has 6 atom stereocenters. The number of carbonyl (C=O) groups excluding carboxylic acids is 2. The van der Waals surface area contributed by atoms with Gasteiger partial charge in [-0.1, -0.05) is 46.8 Å². The number of esters is 1. The summed E-state index contributed by atoms with van der Waals surface area (Å²) >= 11 is 0. The van der Waals surface area contributed by atoms with Gasteiger partial charge in [-0.25, -0.2) is 0 Å². The van der Waals surface area contributed by atoms with Crippen LogP contribution in [0.4, 0.5) is 0 Å². The molecular weight excluding hydrogens is 444 g/mol. The molecule has 3 aliphatic rings. The zero-order chi connectivity index (χ0) is 25.7. The average Bonchev–Trinajstić information content (AvgIpc) is 3.02. The van der Waals surface area contributed by atoms with Crippen molar-refractivity contribution in [3.8, 4) is 0 Å². The number of hydrogen-bond acceptors (Lipinski definition) is 5. The van der Waals surface area contributed by atoms with Gasteiger partial charge >= 0.3 is 5.97 Å². The Morgan fingerprint density at radius 1 is 1.24 bits per heavy atom. The van der Waals surface area contributed by atoms with Gasteiger partial charge in [0.25, 0.3) is 0 Å². The first-order valence-electron chi connectivity index (χ1n) is 12.9. The van der Waals surface area contributed by atoms with Crippen LogP contribution in [-0.2, 0) is 18.8 Å². The SMILES string of the molecule is C=C1CC[C@H]2[C@H](OC(C)=O)[C@@H]([C@@]3(C)C/C(=C\O)C(=O)C[C@@H]3CO[Si](C)(C)C(C)(C)C)CC[C@]12C. The summed E-state index contributed by atoms with van der Waals surface area (Å²) < 4.78 is 12.8. The normalized spacial score (nSPS) is 38.2. The number of carbonyl (C=O) groups is 2. The fraction of sp³-hybridized carbons (Fsp3) is 0.786. The molecule has 34 heavy (non-hydrogen) atoms. The van der Waals surface area contributed by atoms with Crippen molar-refractivity contribution in [3.63, 3.8) is 0 Å². The summed E-state index contributed by atoms with van der Waals surface area (Å²) in [6.07, 6.45) is 5.49. The maximum absolute atomic E-state index is 12.9. The zero-order valence-corrected chi connectivity index (χ0v) is 23.6. The minimum atomic E-state index is -2.01. The molecule has 0 spiro atoms. The smallest absolute Gasteiger partial charge is 0.302 e. The summed E-state index contributed by atoms with van der Waals surface area (Å²) in [6.45, 7) is 22.1. The van der Waals surface area contributed by atoms with Crippen molar-refractivity contribution in [3.05, 3.63) is 24.0 Å². The van der Waals surface area contributed by atoms with E-state index in [0.29, 0.717) is 25.0 Å². The first kappa shape index (κ1) is 27.2. The van der Waals surface area contributed by atoms with Crippen molar-refractivity contribution in [2.24, 2.45) is 28.6 Å². The number of aliphatic hydroxyl groups excluding tert-OH is 1. The van der Waals surface area contributed by atoms with E-state index in [1.807, 2.05) is 0 Å². The molecule has 0 bridgehead atoms. The van der Waals surface area contributed by atoms with E-state index in [4.69, 9.17) is 9.16 Å². The molecule has 3 rings (SSSR count). The van der Waals surface area contributed by atoms with Crippen LogP contribution in [0.25, 0.3) is 0 Å². The maximum atomic E-state index is 12.9. The first-order valence-corrected chi connectivity index (χ1v) is 15.8. The maximum Gasteiger partial charge on any atom is 0.302 e. The number of Topliss-reactive ketones (excluding diaryl/α,β-unsaturated/α-hetero) is 1. The van der Waals surface area contributed by atoms with Crippen LogP contribution < -0.4 is 0 Å². The predicted octanol–water partition coefficient (Wildman–Crippen LogP) is 6.75. The molecule has 1 N–H and O–H groups in total. The number of allylic oxidation sites excluding steroid dienone is 2. The van der Waals surface area contributed by atoms with Gasteiger partial charge in [0.15, 0.2) is 14.1 Å². The van der Waals surface area contributed by atoms with Gasteiger partial charge in [0.1, 0.15) is 6.10 Å². The molecule has 0 unspecified atom stereocenters. The van der Waals surface area contributed by atoms with Crippen molar-refractivity contribution in [2.45, 2.75) is 104 Å². The highest BCUT2D eigenvalue weighted by atomic mass is 28.4. The Morgan fingerprint density at radius 2 is 1.88 bits per heavy atom. The number of aliphatic hydroxyl groups is 1. The Labute approximate surface area is 207 Å². The standard InChI is InChI=1S/C28H46O5Si/c1-18-10-11-22-25(33-19(2)30)23(12-13-27(18,22)6)28(7)15-20(16-29)24(31)14-21(28)17-32-34(8,9)26(3,4)5/h16,21-23,25,29H,1,10-15,17H2,2-9H3/b20-16+/t21-,22+,23+,25+,27-,28+/m1/s1. The van der Waals surface area contributed by atoms with Gasteiger partial charge in [0.2, 0.25) is 0 Å². The molecule has 0 aromatic rings. The number of ketones is 1. The highest BCUT2D eigenvalue weighted by molar-refractivity contribution is 6.74. The van der Waals surface area contributed by atoms with Crippen LogP contribution in [0.1, 0.15) is 80.1 Å². The summed E-state index contributed by atoms with van der Waals surface area (Å²) in [7, 11) is -2.01. The Bertz CT molecular complexity index is 869. The lowest BCUT2D eigenvalue weighted by Gasteiger charge is -2.55. The third-order valence-corrected chi connectivity index (χ3v) is 14.7. The van der Waals surface area contributed by atoms with E-state index in [1.54, 1.807) is 0 Å². The fourth-order valence-electron chi connectivity index (χ4n) is 6.61. The second kappa shape index (κ2) is 9.23. The molecule has 6 heteroatoms. The lowest BCUT2D eigenvalue weighted by atomic mass is 9.51. The van der Waals surface area contributed by atoms with E-state index in [9.17, 15) is 14.7 Å². The molecule has 0 amide bonds. The Morgan fingerprint density at radius 3 is 2.44 bits per heavy atom. The van der Waals surface area contributed by atoms with Crippen molar-refractivity contribution in [2.75, 3.05) is 6.61 Å². The summed E-state index contributed by atoms with van der Waals surface area (Å²) in [4.78, 5) is 25.2. The lowest BCUT2D eigenvalue weighted by molar-refractivity contribution is -0.171. The average molecular weight is 491 g/mol. The molecular formula is C28H46O5Si.